The normalized spacial score (nSPS) is 13.3. The first-order valence-electron chi connectivity index (χ1n) is 5.29. The number of nitrogens with two attached hydrogens (primary N) is 1. The van der Waals surface area contributed by atoms with Crippen molar-refractivity contribution in [2.24, 2.45) is 5.73 Å². The van der Waals surface area contributed by atoms with E-state index < -0.39 is 0 Å². The monoisotopic (exact) mass is 204 g/mol. The summed E-state index contributed by atoms with van der Waals surface area (Å²) < 4.78 is 5.36. The van der Waals surface area contributed by atoms with Crippen molar-refractivity contribution in [3.05, 3.63) is 29.5 Å². The van der Waals surface area contributed by atoms with Crippen molar-refractivity contribution in [1.29, 1.82) is 0 Å². The van der Waals surface area contributed by atoms with Crippen molar-refractivity contribution in [2.45, 2.75) is 26.2 Å². The molecule has 3 heteroatoms. The van der Waals surface area contributed by atoms with Gasteiger partial charge in [-0.15, -0.1) is 0 Å². The van der Waals surface area contributed by atoms with E-state index >= 15 is 0 Å². The maximum Gasteiger partial charge on any atom is 0.170 e. The van der Waals surface area contributed by atoms with Gasteiger partial charge in [-0.25, -0.2) is 0 Å². The Hall–Kier alpha value is -1.35. The van der Waals surface area contributed by atoms with Crippen LogP contribution >= 0.6 is 0 Å². The molecule has 0 saturated heterocycles. The molecule has 0 spiro atoms. The van der Waals surface area contributed by atoms with Crippen molar-refractivity contribution in [3.63, 3.8) is 0 Å². The van der Waals surface area contributed by atoms with E-state index in [1.807, 2.05) is 13.0 Å². The van der Waals surface area contributed by atoms with Gasteiger partial charge in [0, 0.05) is 10.9 Å². The highest BCUT2D eigenvalue weighted by Gasteiger charge is 2.13. The van der Waals surface area contributed by atoms with Gasteiger partial charge in [0.2, 0.25) is 0 Å². The van der Waals surface area contributed by atoms with Gasteiger partial charge in [0.05, 0.1) is 5.69 Å². The lowest BCUT2D eigenvalue weighted by Crippen LogP contribution is -2.04. The van der Waals surface area contributed by atoms with Crippen LogP contribution in [0.3, 0.4) is 0 Å². The summed E-state index contributed by atoms with van der Waals surface area (Å²) in [7, 11) is 0. The Morgan fingerprint density at radius 2 is 2.27 bits per heavy atom. The molecular formula is C12H16N2O. The number of rotatable bonds is 3. The van der Waals surface area contributed by atoms with E-state index in [0.29, 0.717) is 12.5 Å². The molecule has 0 aliphatic carbocycles. The molecule has 0 aliphatic heterocycles. The first-order chi connectivity index (χ1) is 7.24. The Balaban J connectivity index is 2.51. The summed E-state index contributed by atoms with van der Waals surface area (Å²) >= 11 is 0. The van der Waals surface area contributed by atoms with Crippen LogP contribution in [0, 0.1) is 6.92 Å². The highest BCUT2D eigenvalue weighted by Crippen LogP contribution is 2.28. The SMILES string of the molecule is Cc1noc2c(C(C)CCN)cccc12. The van der Waals surface area contributed by atoms with Gasteiger partial charge in [-0.3, -0.25) is 0 Å². The highest BCUT2D eigenvalue weighted by atomic mass is 16.5. The summed E-state index contributed by atoms with van der Waals surface area (Å²) in [5.74, 6) is 0.422. The summed E-state index contributed by atoms with van der Waals surface area (Å²) in [6.45, 7) is 4.83. The molecule has 2 aromatic rings. The number of fused-ring (bicyclic) bond motifs is 1. The fourth-order valence-electron chi connectivity index (χ4n) is 1.90. The number of aromatic nitrogens is 1. The lowest BCUT2D eigenvalue weighted by atomic mass is 9.96. The van der Waals surface area contributed by atoms with E-state index in [9.17, 15) is 0 Å². The van der Waals surface area contributed by atoms with Gasteiger partial charge in [0.1, 0.15) is 0 Å². The molecule has 1 aromatic heterocycles. The number of benzene rings is 1. The molecule has 1 atom stereocenters. The summed E-state index contributed by atoms with van der Waals surface area (Å²) in [6.07, 6.45) is 0.971. The van der Waals surface area contributed by atoms with Crippen molar-refractivity contribution in [3.8, 4) is 0 Å². The van der Waals surface area contributed by atoms with Crippen LogP contribution in [0.5, 0.6) is 0 Å². The molecule has 0 saturated carbocycles. The first kappa shape index (κ1) is 10.2. The van der Waals surface area contributed by atoms with Crippen LogP contribution in [-0.4, -0.2) is 11.7 Å². The molecule has 1 heterocycles. The standard InChI is InChI=1S/C12H16N2O/c1-8(6-7-13)10-4-3-5-11-9(2)14-15-12(10)11/h3-5,8H,6-7,13H2,1-2H3. The molecule has 3 nitrogen and oxygen atoms in total. The van der Waals surface area contributed by atoms with Crippen molar-refractivity contribution < 1.29 is 4.52 Å². The zero-order valence-electron chi connectivity index (χ0n) is 9.16. The number of aryl methyl sites for hydroxylation is 1. The molecule has 1 unspecified atom stereocenters. The third-order valence-electron chi connectivity index (χ3n) is 2.84. The molecule has 0 bridgehead atoms. The van der Waals surface area contributed by atoms with Crippen molar-refractivity contribution in [1.82, 2.24) is 5.16 Å². The van der Waals surface area contributed by atoms with E-state index in [2.05, 4.69) is 24.2 Å². The van der Waals surface area contributed by atoms with E-state index in [1.54, 1.807) is 0 Å². The van der Waals surface area contributed by atoms with Crippen molar-refractivity contribution in [2.75, 3.05) is 6.54 Å². The molecule has 0 amide bonds. The maximum absolute atomic E-state index is 5.57. The van der Waals surface area contributed by atoms with E-state index in [4.69, 9.17) is 10.3 Å². The van der Waals surface area contributed by atoms with E-state index in [0.717, 1.165) is 23.1 Å². The second-order valence-corrected chi connectivity index (χ2v) is 3.97. The number of para-hydroxylation sites is 1. The largest absolute Gasteiger partial charge is 0.356 e. The average molecular weight is 204 g/mol. The Bertz CT molecular complexity index is 462. The van der Waals surface area contributed by atoms with Crippen LogP contribution in [0.2, 0.25) is 0 Å². The highest BCUT2D eigenvalue weighted by molar-refractivity contribution is 5.82. The van der Waals surface area contributed by atoms with Gasteiger partial charge >= 0.3 is 0 Å². The van der Waals surface area contributed by atoms with Crippen LogP contribution in [-0.2, 0) is 0 Å². The first-order valence-corrected chi connectivity index (χ1v) is 5.29. The fourth-order valence-corrected chi connectivity index (χ4v) is 1.90. The van der Waals surface area contributed by atoms with E-state index in [-0.39, 0.29) is 0 Å². The summed E-state index contributed by atoms with van der Waals surface area (Å²) in [4.78, 5) is 0. The molecule has 15 heavy (non-hydrogen) atoms. The van der Waals surface area contributed by atoms with Crippen molar-refractivity contribution >= 4 is 11.0 Å². The molecular weight excluding hydrogens is 188 g/mol. The van der Waals surface area contributed by atoms with Gasteiger partial charge in [-0.05, 0) is 31.9 Å². The third-order valence-corrected chi connectivity index (χ3v) is 2.84. The van der Waals surface area contributed by atoms with Gasteiger partial charge in [-0.2, -0.15) is 0 Å². The van der Waals surface area contributed by atoms with Crippen LogP contribution in [0.15, 0.2) is 22.7 Å². The minimum atomic E-state index is 0.422. The zero-order chi connectivity index (χ0) is 10.8. The lowest BCUT2D eigenvalue weighted by Gasteiger charge is -2.09. The molecule has 80 valence electrons. The van der Waals surface area contributed by atoms with E-state index in [1.165, 1.54) is 5.56 Å². The minimum Gasteiger partial charge on any atom is -0.356 e. The third kappa shape index (κ3) is 1.75. The van der Waals surface area contributed by atoms with Gasteiger partial charge in [0.25, 0.3) is 0 Å². The topological polar surface area (TPSA) is 52.0 Å². The molecule has 2 N–H and O–H groups in total. The number of nitrogens with zero attached hydrogens (tertiary/aromatic N) is 1. The van der Waals surface area contributed by atoms with Crippen LogP contribution in [0.4, 0.5) is 0 Å². The Kier molecular flexibility index (Phi) is 2.73. The predicted molar refractivity (Wildman–Crippen MR) is 60.8 cm³/mol. The molecule has 0 fully saturated rings. The predicted octanol–water partition coefficient (Wildman–Crippen LogP) is 2.59. The molecule has 0 aliphatic rings. The quantitative estimate of drug-likeness (QED) is 0.836. The Labute approximate surface area is 89.2 Å². The van der Waals surface area contributed by atoms with Gasteiger partial charge in [-0.1, -0.05) is 24.2 Å². The van der Waals surface area contributed by atoms with Gasteiger partial charge < -0.3 is 10.3 Å². The molecule has 0 radical (unpaired) electrons. The number of hydrogen-bond donors (Lipinski definition) is 1. The zero-order valence-corrected chi connectivity index (χ0v) is 9.16. The van der Waals surface area contributed by atoms with Crippen LogP contribution < -0.4 is 5.73 Å². The maximum atomic E-state index is 5.57. The Morgan fingerprint density at radius 1 is 1.47 bits per heavy atom. The van der Waals surface area contributed by atoms with Crippen LogP contribution in [0.1, 0.15) is 30.5 Å². The fraction of sp³-hybridized carbons (Fsp3) is 0.417. The van der Waals surface area contributed by atoms with Crippen LogP contribution in [0.25, 0.3) is 11.0 Å². The second kappa shape index (κ2) is 4.03. The summed E-state index contributed by atoms with van der Waals surface area (Å²) in [6, 6.07) is 6.18. The minimum absolute atomic E-state index is 0.422. The lowest BCUT2D eigenvalue weighted by molar-refractivity contribution is 0.446. The Morgan fingerprint density at radius 3 is 3.00 bits per heavy atom. The smallest absolute Gasteiger partial charge is 0.170 e. The summed E-state index contributed by atoms with van der Waals surface area (Å²) in [5.41, 5.74) is 8.64. The number of hydrogen-bond acceptors (Lipinski definition) is 3. The molecule has 1 aromatic carbocycles. The molecule has 2 rings (SSSR count). The summed E-state index contributed by atoms with van der Waals surface area (Å²) in [5, 5.41) is 5.10. The van der Waals surface area contributed by atoms with Gasteiger partial charge in [0.15, 0.2) is 5.58 Å². The second-order valence-electron chi connectivity index (χ2n) is 3.97. The average Bonchev–Trinajstić information content (AvgIpc) is 2.61.